The highest BCUT2D eigenvalue weighted by Gasteiger charge is 2.39. The van der Waals surface area contributed by atoms with E-state index in [9.17, 15) is 0 Å². The quantitative estimate of drug-likeness (QED) is 0.339. The summed E-state index contributed by atoms with van der Waals surface area (Å²) in [7, 11) is 0. The molecule has 3 heteroatoms. The van der Waals surface area contributed by atoms with Gasteiger partial charge in [0.05, 0.1) is 5.52 Å². The third-order valence-electron chi connectivity index (χ3n) is 5.29. The Morgan fingerprint density at radius 1 is 0.885 bits per heavy atom. The summed E-state index contributed by atoms with van der Waals surface area (Å²) in [6, 6.07) is 25.2. The van der Waals surface area contributed by atoms with E-state index in [0.717, 1.165) is 27.3 Å². The Labute approximate surface area is 161 Å². The molecule has 0 amide bonds. The van der Waals surface area contributed by atoms with Gasteiger partial charge in [-0.1, -0.05) is 66.2 Å². The van der Waals surface area contributed by atoms with Crippen molar-refractivity contribution in [3.8, 4) is 17.3 Å². The van der Waals surface area contributed by atoms with Crippen LogP contribution >= 0.6 is 15.9 Å². The lowest BCUT2D eigenvalue weighted by molar-refractivity contribution is 0.399. The Bertz CT molecular complexity index is 1140. The van der Waals surface area contributed by atoms with Gasteiger partial charge in [-0.25, -0.2) is 0 Å². The molecule has 0 N–H and O–H groups in total. The predicted molar refractivity (Wildman–Crippen MR) is 110 cm³/mol. The Kier molecular flexibility index (Phi) is 3.32. The maximum atomic E-state index is 6.47. The molecule has 2 heterocycles. The minimum absolute atomic E-state index is 0.150. The number of benzene rings is 3. The first-order valence-corrected chi connectivity index (χ1v) is 9.54. The van der Waals surface area contributed by atoms with Crippen LogP contribution < -0.4 is 4.74 Å². The van der Waals surface area contributed by atoms with E-state index in [2.05, 4.69) is 95.0 Å². The molecule has 2 nitrogen and oxygen atoms in total. The normalized spacial score (nSPS) is 14.6. The summed E-state index contributed by atoms with van der Waals surface area (Å²) < 4.78 is 9.78. The summed E-state index contributed by atoms with van der Waals surface area (Å²) in [5.74, 6) is 1.84. The van der Waals surface area contributed by atoms with Crippen LogP contribution in [0.5, 0.6) is 11.6 Å². The first-order valence-electron chi connectivity index (χ1n) is 8.74. The Balaban J connectivity index is 1.93. The Morgan fingerprint density at radius 3 is 2.42 bits per heavy atom. The van der Waals surface area contributed by atoms with Gasteiger partial charge < -0.3 is 4.74 Å². The van der Waals surface area contributed by atoms with Gasteiger partial charge in [-0.15, -0.1) is 0 Å². The molecule has 0 spiro atoms. The van der Waals surface area contributed by atoms with Gasteiger partial charge in [0.15, 0.2) is 0 Å². The lowest BCUT2D eigenvalue weighted by atomic mass is 9.76. The molecule has 26 heavy (non-hydrogen) atoms. The smallest absolute Gasteiger partial charge is 0.209 e. The van der Waals surface area contributed by atoms with E-state index in [0.29, 0.717) is 0 Å². The molecule has 0 saturated carbocycles. The monoisotopic (exact) mass is 403 g/mol. The van der Waals surface area contributed by atoms with Crippen molar-refractivity contribution in [1.82, 2.24) is 4.57 Å². The van der Waals surface area contributed by atoms with Gasteiger partial charge in [0.1, 0.15) is 5.75 Å². The van der Waals surface area contributed by atoms with Crippen LogP contribution in [0, 0.1) is 0 Å². The molecule has 0 saturated heterocycles. The summed E-state index contributed by atoms with van der Waals surface area (Å²) >= 11 is 3.64. The van der Waals surface area contributed by atoms with Gasteiger partial charge in [-0.2, -0.15) is 0 Å². The average Bonchev–Trinajstić information content (AvgIpc) is 2.96. The summed E-state index contributed by atoms with van der Waals surface area (Å²) in [5, 5.41) is 1.22. The van der Waals surface area contributed by atoms with Crippen LogP contribution in [0.3, 0.4) is 0 Å². The molecular weight excluding hydrogens is 386 g/mol. The van der Waals surface area contributed by atoms with Crippen molar-refractivity contribution >= 4 is 26.8 Å². The minimum atomic E-state index is -0.150. The number of nitrogens with zero attached hydrogens (tertiary/aromatic N) is 1. The number of halogens is 1. The molecular formula is C23H18BrNO. The van der Waals surface area contributed by atoms with Crippen molar-refractivity contribution in [1.29, 1.82) is 0 Å². The van der Waals surface area contributed by atoms with Crippen LogP contribution in [0.2, 0.25) is 0 Å². The molecule has 3 aromatic carbocycles. The highest BCUT2D eigenvalue weighted by atomic mass is 79.9. The molecule has 0 bridgehead atoms. The van der Waals surface area contributed by atoms with Crippen molar-refractivity contribution in [2.45, 2.75) is 19.3 Å². The van der Waals surface area contributed by atoms with Crippen molar-refractivity contribution in [2.24, 2.45) is 0 Å². The zero-order valence-electron chi connectivity index (χ0n) is 14.7. The van der Waals surface area contributed by atoms with Gasteiger partial charge >= 0.3 is 0 Å². The molecule has 0 atom stereocenters. The summed E-state index contributed by atoms with van der Waals surface area (Å²) in [4.78, 5) is 0. The molecule has 0 aliphatic carbocycles. The summed E-state index contributed by atoms with van der Waals surface area (Å²) in [6.45, 7) is 4.56. The lowest BCUT2D eigenvalue weighted by Crippen LogP contribution is -2.24. The van der Waals surface area contributed by atoms with Crippen LogP contribution in [-0.4, -0.2) is 4.57 Å². The second kappa shape index (κ2) is 5.49. The van der Waals surface area contributed by atoms with E-state index in [4.69, 9.17) is 4.74 Å². The highest BCUT2D eigenvalue weighted by Crippen LogP contribution is 2.52. The SMILES string of the molecule is CC1(C)c2ccccc2Oc2c1c1cc(Br)ccc1n2-c1ccccc1. The van der Waals surface area contributed by atoms with Gasteiger partial charge in [0.2, 0.25) is 5.88 Å². The highest BCUT2D eigenvalue weighted by molar-refractivity contribution is 9.10. The maximum absolute atomic E-state index is 6.47. The average molecular weight is 404 g/mol. The van der Waals surface area contributed by atoms with E-state index in [1.807, 2.05) is 12.1 Å². The molecule has 0 radical (unpaired) electrons. The maximum Gasteiger partial charge on any atom is 0.209 e. The lowest BCUT2D eigenvalue weighted by Gasteiger charge is -2.33. The second-order valence-corrected chi connectivity index (χ2v) is 8.15. The van der Waals surface area contributed by atoms with Crippen molar-refractivity contribution in [3.63, 3.8) is 0 Å². The van der Waals surface area contributed by atoms with E-state index in [-0.39, 0.29) is 5.41 Å². The van der Waals surface area contributed by atoms with Gasteiger partial charge in [0, 0.05) is 32.1 Å². The fourth-order valence-corrected chi connectivity index (χ4v) is 4.45. The van der Waals surface area contributed by atoms with E-state index in [1.54, 1.807) is 0 Å². The van der Waals surface area contributed by atoms with E-state index in [1.165, 1.54) is 16.5 Å². The molecule has 128 valence electrons. The zero-order valence-corrected chi connectivity index (χ0v) is 16.2. The zero-order chi connectivity index (χ0) is 17.9. The van der Waals surface area contributed by atoms with E-state index >= 15 is 0 Å². The van der Waals surface area contributed by atoms with Crippen molar-refractivity contribution in [3.05, 3.63) is 88.4 Å². The number of para-hydroxylation sites is 2. The summed E-state index contributed by atoms with van der Waals surface area (Å²) in [5.41, 5.74) is 4.57. The molecule has 4 aromatic rings. The number of ether oxygens (including phenoxy) is 1. The topological polar surface area (TPSA) is 14.2 Å². The van der Waals surface area contributed by atoms with Gasteiger partial charge in [0.25, 0.3) is 0 Å². The van der Waals surface area contributed by atoms with Crippen molar-refractivity contribution < 1.29 is 4.74 Å². The molecule has 0 unspecified atom stereocenters. The van der Waals surface area contributed by atoms with Gasteiger partial charge in [-0.3, -0.25) is 4.57 Å². The van der Waals surface area contributed by atoms with Crippen LogP contribution in [0.4, 0.5) is 0 Å². The van der Waals surface area contributed by atoms with Crippen LogP contribution in [-0.2, 0) is 5.41 Å². The largest absolute Gasteiger partial charge is 0.440 e. The fraction of sp³-hybridized carbons (Fsp3) is 0.130. The third-order valence-corrected chi connectivity index (χ3v) is 5.79. The minimum Gasteiger partial charge on any atom is -0.440 e. The number of hydrogen-bond donors (Lipinski definition) is 0. The number of aromatic nitrogens is 1. The molecule has 0 fully saturated rings. The van der Waals surface area contributed by atoms with Crippen LogP contribution in [0.15, 0.2) is 77.3 Å². The van der Waals surface area contributed by atoms with E-state index < -0.39 is 0 Å². The number of rotatable bonds is 1. The fourth-order valence-electron chi connectivity index (χ4n) is 4.08. The molecule has 1 aliphatic rings. The van der Waals surface area contributed by atoms with Crippen molar-refractivity contribution in [2.75, 3.05) is 0 Å². The Hall–Kier alpha value is -2.52. The number of fused-ring (bicyclic) bond motifs is 4. The number of hydrogen-bond acceptors (Lipinski definition) is 1. The predicted octanol–water partition coefficient (Wildman–Crippen LogP) is 6.82. The first-order chi connectivity index (χ1) is 12.6. The molecule has 5 rings (SSSR count). The first kappa shape index (κ1) is 15.7. The molecule has 1 aliphatic heterocycles. The molecule has 1 aromatic heterocycles. The third kappa shape index (κ3) is 2.10. The summed E-state index contributed by atoms with van der Waals surface area (Å²) in [6.07, 6.45) is 0. The standard InChI is InChI=1S/C23H18BrNO/c1-23(2)18-10-6-7-11-20(18)26-22-21(23)17-14-15(24)12-13-19(17)25(22)16-8-4-3-5-9-16/h3-14H,1-2H3. The Morgan fingerprint density at radius 2 is 1.62 bits per heavy atom. The van der Waals surface area contributed by atoms with Gasteiger partial charge in [-0.05, 0) is 36.4 Å². The van der Waals surface area contributed by atoms with Crippen LogP contribution in [0.25, 0.3) is 16.6 Å². The van der Waals surface area contributed by atoms with Crippen LogP contribution in [0.1, 0.15) is 25.0 Å². The second-order valence-electron chi connectivity index (χ2n) is 7.24.